The zero-order valence-electron chi connectivity index (χ0n) is 14.9. The molecule has 8 nitrogen and oxygen atoms in total. The van der Waals surface area contributed by atoms with Gasteiger partial charge in [0.15, 0.2) is 11.5 Å². The predicted molar refractivity (Wildman–Crippen MR) is 114 cm³/mol. The SMILES string of the molecule is CSN(O)c1ccc(-c2cnc(N)c(C(=O)Nc3ccc(SN)cc3)n2)cc1. The molecule has 1 heterocycles. The van der Waals surface area contributed by atoms with Gasteiger partial charge in [0, 0.05) is 22.4 Å². The van der Waals surface area contributed by atoms with Crippen LogP contribution >= 0.6 is 23.9 Å². The summed E-state index contributed by atoms with van der Waals surface area (Å²) in [4.78, 5) is 21.9. The molecule has 1 amide bonds. The summed E-state index contributed by atoms with van der Waals surface area (Å²) < 4.78 is 1.05. The van der Waals surface area contributed by atoms with Gasteiger partial charge in [-0.2, -0.15) is 4.47 Å². The van der Waals surface area contributed by atoms with E-state index < -0.39 is 5.91 Å². The Morgan fingerprint density at radius 3 is 2.43 bits per heavy atom. The van der Waals surface area contributed by atoms with Gasteiger partial charge in [0.2, 0.25) is 0 Å². The van der Waals surface area contributed by atoms with Gasteiger partial charge in [-0.3, -0.25) is 15.1 Å². The highest BCUT2D eigenvalue weighted by Gasteiger charge is 2.15. The van der Waals surface area contributed by atoms with E-state index in [2.05, 4.69) is 15.3 Å². The second-order valence-corrected chi connectivity index (χ2v) is 7.01. The Kier molecular flexibility index (Phi) is 6.37. The van der Waals surface area contributed by atoms with Crippen LogP contribution in [-0.2, 0) is 0 Å². The van der Waals surface area contributed by atoms with Crippen molar-refractivity contribution in [3.05, 3.63) is 60.4 Å². The maximum absolute atomic E-state index is 12.6. The van der Waals surface area contributed by atoms with E-state index in [1.807, 2.05) is 0 Å². The molecule has 0 saturated heterocycles. The number of nitrogens with zero attached hydrogens (tertiary/aromatic N) is 3. The summed E-state index contributed by atoms with van der Waals surface area (Å²) >= 11 is 2.30. The van der Waals surface area contributed by atoms with Crippen LogP contribution in [0.2, 0.25) is 0 Å². The number of nitrogens with one attached hydrogen (secondary N) is 1. The third-order valence-corrected chi connectivity index (χ3v) is 4.92. The van der Waals surface area contributed by atoms with Gasteiger partial charge in [-0.05, 0) is 60.3 Å². The molecule has 0 spiro atoms. The van der Waals surface area contributed by atoms with Crippen LogP contribution in [0.5, 0.6) is 0 Å². The molecule has 2 aromatic carbocycles. The van der Waals surface area contributed by atoms with Gasteiger partial charge in [0.25, 0.3) is 5.91 Å². The van der Waals surface area contributed by atoms with Crippen molar-refractivity contribution in [3.63, 3.8) is 0 Å². The Morgan fingerprint density at radius 2 is 1.82 bits per heavy atom. The zero-order chi connectivity index (χ0) is 20.1. The largest absolute Gasteiger partial charge is 0.382 e. The van der Waals surface area contributed by atoms with Crippen LogP contribution in [0.1, 0.15) is 10.5 Å². The minimum absolute atomic E-state index is 0.0340. The van der Waals surface area contributed by atoms with Crippen LogP contribution in [-0.4, -0.2) is 27.3 Å². The molecule has 1 aromatic heterocycles. The Morgan fingerprint density at radius 1 is 1.14 bits per heavy atom. The second-order valence-electron chi connectivity index (χ2n) is 5.59. The lowest BCUT2D eigenvalue weighted by Crippen LogP contribution is -2.17. The van der Waals surface area contributed by atoms with Crippen LogP contribution in [0.4, 0.5) is 17.2 Å². The Labute approximate surface area is 170 Å². The maximum Gasteiger partial charge on any atom is 0.278 e. The van der Waals surface area contributed by atoms with E-state index in [1.165, 1.54) is 18.1 Å². The number of anilines is 3. The number of aromatic nitrogens is 2. The molecule has 0 radical (unpaired) electrons. The first kappa shape index (κ1) is 20.0. The first-order chi connectivity index (χ1) is 13.5. The van der Waals surface area contributed by atoms with E-state index in [9.17, 15) is 10.0 Å². The van der Waals surface area contributed by atoms with E-state index in [0.29, 0.717) is 17.1 Å². The molecule has 0 saturated carbocycles. The summed E-state index contributed by atoms with van der Waals surface area (Å²) in [6, 6.07) is 14.1. The quantitative estimate of drug-likeness (QED) is 0.354. The highest BCUT2D eigenvalue weighted by molar-refractivity contribution is 7.99. The molecule has 6 N–H and O–H groups in total. The molecule has 0 fully saturated rings. The van der Waals surface area contributed by atoms with Gasteiger partial charge in [-0.25, -0.2) is 9.97 Å². The number of carbonyl (C=O) groups is 1. The standard InChI is InChI=1S/C18H18N6O2S2/c1-27-24(26)13-6-2-11(3-7-13)15-10-21-17(19)16(23-15)18(25)22-12-4-8-14(28-20)9-5-12/h2-10,26H,20H2,1H3,(H2,19,21)(H,22,25). The maximum atomic E-state index is 12.6. The lowest BCUT2D eigenvalue weighted by Gasteiger charge is -2.13. The molecule has 3 aromatic rings. The molecular formula is C18H18N6O2S2. The highest BCUT2D eigenvalue weighted by atomic mass is 32.2. The Balaban J connectivity index is 1.83. The first-order valence-electron chi connectivity index (χ1n) is 8.06. The molecule has 0 aliphatic heterocycles. The minimum atomic E-state index is -0.458. The van der Waals surface area contributed by atoms with E-state index in [1.54, 1.807) is 54.8 Å². The van der Waals surface area contributed by atoms with Crippen molar-refractivity contribution in [1.82, 2.24) is 9.97 Å². The van der Waals surface area contributed by atoms with Crippen LogP contribution in [0, 0.1) is 0 Å². The molecule has 0 aliphatic rings. The smallest absolute Gasteiger partial charge is 0.278 e. The van der Waals surface area contributed by atoms with Crippen molar-refractivity contribution in [1.29, 1.82) is 0 Å². The van der Waals surface area contributed by atoms with E-state index in [0.717, 1.165) is 26.9 Å². The number of amides is 1. The third-order valence-electron chi connectivity index (χ3n) is 3.82. The van der Waals surface area contributed by atoms with Crippen molar-refractivity contribution in [2.45, 2.75) is 4.90 Å². The highest BCUT2D eigenvalue weighted by Crippen LogP contribution is 2.24. The van der Waals surface area contributed by atoms with E-state index >= 15 is 0 Å². The molecule has 28 heavy (non-hydrogen) atoms. The van der Waals surface area contributed by atoms with Gasteiger partial charge in [-0.15, -0.1) is 0 Å². The molecule has 10 heteroatoms. The average molecular weight is 415 g/mol. The fourth-order valence-corrected chi connectivity index (χ4v) is 3.00. The summed E-state index contributed by atoms with van der Waals surface area (Å²) in [6.07, 6.45) is 3.26. The number of hydrogen-bond donors (Lipinski definition) is 4. The van der Waals surface area contributed by atoms with Crippen LogP contribution < -0.4 is 20.7 Å². The van der Waals surface area contributed by atoms with Crippen molar-refractivity contribution in [3.8, 4) is 11.3 Å². The van der Waals surface area contributed by atoms with Gasteiger partial charge in [0.1, 0.15) is 0 Å². The van der Waals surface area contributed by atoms with Crippen molar-refractivity contribution in [2.24, 2.45) is 5.14 Å². The number of hydrogen-bond acceptors (Lipinski definition) is 9. The van der Waals surface area contributed by atoms with Gasteiger partial charge >= 0.3 is 0 Å². The normalized spacial score (nSPS) is 10.5. The van der Waals surface area contributed by atoms with Gasteiger partial charge < -0.3 is 11.1 Å². The lowest BCUT2D eigenvalue weighted by atomic mass is 10.1. The topological polar surface area (TPSA) is 130 Å². The predicted octanol–water partition coefficient (Wildman–Crippen LogP) is 3.42. The summed E-state index contributed by atoms with van der Waals surface area (Å²) in [7, 11) is 0. The summed E-state index contributed by atoms with van der Waals surface area (Å²) in [6.45, 7) is 0. The monoisotopic (exact) mass is 414 g/mol. The fourth-order valence-electron chi connectivity index (χ4n) is 2.38. The number of rotatable bonds is 6. The third kappa shape index (κ3) is 4.54. The lowest BCUT2D eigenvalue weighted by molar-refractivity contribution is 0.102. The Bertz CT molecular complexity index is 967. The van der Waals surface area contributed by atoms with E-state index in [-0.39, 0.29) is 11.5 Å². The molecule has 144 valence electrons. The van der Waals surface area contributed by atoms with Crippen LogP contribution in [0.15, 0.2) is 59.6 Å². The summed E-state index contributed by atoms with van der Waals surface area (Å²) in [5.41, 5.74) is 8.34. The van der Waals surface area contributed by atoms with Gasteiger partial charge in [-0.1, -0.05) is 12.1 Å². The average Bonchev–Trinajstić information content (AvgIpc) is 2.74. The van der Waals surface area contributed by atoms with Crippen molar-refractivity contribution < 1.29 is 10.0 Å². The number of nitrogen functional groups attached to an aromatic ring is 1. The number of nitrogens with two attached hydrogens (primary N) is 2. The molecule has 0 unspecified atom stereocenters. The molecule has 0 aliphatic carbocycles. The summed E-state index contributed by atoms with van der Waals surface area (Å²) in [5, 5.41) is 17.9. The summed E-state index contributed by atoms with van der Waals surface area (Å²) in [5.74, 6) is -0.420. The van der Waals surface area contributed by atoms with Crippen molar-refractivity contribution in [2.75, 3.05) is 21.8 Å². The van der Waals surface area contributed by atoms with E-state index in [4.69, 9.17) is 10.9 Å². The molecular weight excluding hydrogens is 396 g/mol. The molecule has 0 bridgehead atoms. The molecule has 3 rings (SSSR count). The fraction of sp³-hybridized carbons (Fsp3) is 0.0556. The second kappa shape index (κ2) is 8.93. The number of carbonyl (C=O) groups excluding carboxylic acids is 1. The van der Waals surface area contributed by atoms with Crippen LogP contribution in [0.25, 0.3) is 11.3 Å². The number of benzene rings is 2. The van der Waals surface area contributed by atoms with Crippen LogP contribution in [0.3, 0.4) is 0 Å². The first-order valence-corrected chi connectivity index (χ1v) is 10.1. The Hall–Kier alpha value is -2.79. The zero-order valence-corrected chi connectivity index (χ0v) is 16.5. The minimum Gasteiger partial charge on any atom is -0.382 e. The van der Waals surface area contributed by atoms with Gasteiger partial charge in [0.05, 0.1) is 17.6 Å². The van der Waals surface area contributed by atoms with Crippen molar-refractivity contribution >= 4 is 47.0 Å². The molecule has 0 atom stereocenters.